The quantitative estimate of drug-likeness (QED) is 0.0443. The van der Waals surface area contributed by atoms with E-state index in [1.165, 1.54) is 0 Å². The van der Waals surface area contributed by atoms with Crippen LogP contribution in [0.5, 0.6) is 11.5 Å². The van der Waals surface area contributed by atoms with E-state index in [4.69, 9.17) is 9.47 Å². The summed E-state index contributed by atoms with van der Waals surface area (Å²) in [6.45, 7) is 0.601. The number of hydrogen-bond donors (Lipinski definition) is 0. The van der Waals surface area contributed by atoms with Crippen molar-refractivity contribution in [2.45, 2.75) is 37.0 Å². The van der Waals surface area contributed by atoms with Gasteiger partial charge in [0, 0.05) is 66.1 Å². The van der Waals surface area contributed by atoms with Crippen LogP contribution in [0.2, 0.25) is 0 Å². The van der Waals surface area contributed by atoms with Crippen molar-refractivity contribution in [2.75, 3.05) is 25.5 Å². The molecule has 74 heavy (non-hydrogen) atoms. The van der Waals surface area contributed by atoms with Gasteiger partial charge in [-0.15, -0.1) is 0 Å². The lowest BCUT2D eigenvalue weighted by Gasteiger charge is -2.32. The minimum Gasteiger partial charge on any atom is -0.490 e. The molecule has 0 aliphatic heterocycles. The molecule has 0 saturated heterocycles. The Morgan fingerprint density at radius 1 is 0.270 bits per heavy atom. The van der Waals surface area contributed by atoms with Gasteiger partial charge < -0.3 is 27.7 Å². The minimum atomic E-state index is -3.41. The van der Waals surface area contributed by atoms with Crippen molar-refractivity contribution < 1.29 is 27.7 Å². The summed E-state index contributed by atoms with van der Waals surface area (Å²) in [5.41, 5.74) is -0.994. The largest absolute Gasteiger partial charge is 0.490 e. The van der Waals surface area contributed by atoms with Crippen LogP contribution in [0.1, 0.15) is 25.7 Å². The zero-order chi connectivity index (χ0) is 51.1. The van der Waals surface area contributed by atoms with E-state index in [9.17, 15) is 0 Å². The number of ether oxygens (including phenoxy) is 2. The highest BCUT2D eigenvalue weighted by Crippen LogP contribution is 2.58. The second-order valence-electron chi connectivity index (χ2n) is 18.6. The van der Waals surface area contributed by atoms with Crippen molar-refractivity contribution in [3.63, 3.8) is 0 Å². The van der Waals surface area contributed by atoms with Gasteiger partial charge in [0.25, 0.3) is 0 Å². The predicted octanol–water partition coefficient (Wildman–Crippen LogP) is 12.8. The molecule has 0 spiro atoms. The molecule has 0 N–H and O–H groups in total. The van der Waals surface area contributed by atoms with Gasteiger partial charge in [-0.1, -0.05) is 255 Å². The molecular weight excluding hydrogens is 989 g/mol. The highest BCUT2D eigenvalue weighted by Gasteiger charge is 2.43. The Morgan fingerprint density at radius 3 is 0.703 bits per heavy atom. The summed E-state index contributed by atoms with van der Waals surface area (Å²) in [5, 5.41) is 5.89. The van der Waals surface area contributed by atoms with Gasteiger partial charge in [-0.25, -0.2) is 0 Å². The predicted molar refractivity (Wildman–Crippen MR) is 312 cm³/mol. The first-order chi connectivity index (χ1) is 36.2. The smallest absolute Gasteiger partial charge is 0.161 e. The first-order valence-corrected chi connectivity index (χ1v) is 32.7. The van der Waals surface area contributed by atoms with E-state index < -0.39 is 39.9 Å². The Labute approximate surface area is 437 Å². The Morgan fingerprint density at radius 2 is 0.473 bits per heavy atom. The molecule has 9 rings (SSSR count). The Kier molecular flexibility index (Phi) is 17.5. The van der Waals surface area contributed by atoms with E-state index in [0.29, 0.717) is 50.4 Å². The van der Waals surface area contributed by atoms with Crippen molar-refractivity contribution in [1.29, 1.82) is 0 Å². The van der Waals surface area contributed by atoms with Crippen molar-refractivity contribution in [3.05, 3.63) is 267 Å². The van der Waals surface area contributed by atoms with Crippen LogP contribution in [0.15, 0.2) is 267 Å². The van der Waals surface area contributed by atoms with Crippen LogP contribution >= 0.6 is 28.6 Å². The average molecular weight is 1050 g/mol. The Bertz CT molecular complexity index is 2950. The molecule has 0 bridgehead atoms. The molecule has 2 unspecified atom stereocenters. The van der Waals surface area contributed by atoms with E-state index in [2.05, 4.69) is 0 Å². The fourth-order valence-electron chi connectivity index (χ4n) is 10.2. The van der Waals surface area contributed by atoms with Crippen molar-refractivity contribution >= 4 is 71.0 Å². The molecule has 9 aromatic rings. The summed E-state index contributed by atoms with van der Waals surface area (Å²) in [4.78, 5) is 0. The number of rotatable bonds is 24. The zero-order valence-corrected chi connectivity index (χ0v) is 45.0. The van der Waals surface area contributed by atoms with Crippen LogP contribution in [0.3, 0.4) is 0 Å². The molecule has 374 valence electrons. The molecule has 0 radical (unpaired) electrons. The first kappa shape index (κ1) is 52.4. The summed E-state index contributed by atoms with van der Waals surface area (Å²) in [6.07, 6.45) is 2.44. The normalized spacial score (nSPS) is 12.9. The third kappa shape index (κ3) is 11.7. The van der Waals surface area contributed by atoms with Crippen LogP contribution in [0, 0.1) is 0 Å². The lowest BCUT2D eigenvalue weighted by molar-refractivity contribution is 0.260. The number of hydrogen-bond acceptors (Lipinski definition) is 6. The van der Waals surface area contributed by atoms with Gasteiger partial charge in [-0.05, 0) is 37.8 Å². The molecule has 2 atom stereocenters. The molecular formula is C64H62O6P4. The molecule has 0 amide bonds. The molecule has 10 heteroatoms. The SMILES string of the molecule is O=P(CC(CCCOc1ccccc1OCCCC(CP(=O)(c1ccccc1)c1ccccc1)P(=O)(c1ccccc1)c1ccccc1)P(=O)(c1ccccc1)c1ccccc1)(c1ccccc1)c1ccccc1. The standard InChI is InChI=1S/C64H62O6P4/c65-71(53-29-9-1-10-30-53,54-31-11-2-12-32-54)51-61(73(67,57-37-17-5-18-38-57)58-39-19-6-20-40-58)45-27-49-69-63-47-25-26-48-64(63)70-50-28-46-62(74(68,59-41-21-7-22-42-59)60-43-23-8-24-44-60)52-72(66,55-33-13-3-14-34-55)56-35-15-4-16-36-56/h1-26,29-44,47-48,61-62H,27-28,45-46,49-52H2. The lowest BCUT2D eigenvalue weighted by atomic mass is 10.2. The molecule has 0 saturated carbocycles. The topological polar surface area (TPSA) is 86.7 Å². The van der Waals surface area contributed by atoms with Gasteiger partial charge in [-0.2, -0.15) is 0 Å². The summed E-state index contributed by atoms with van der Waals surface area (Å²) in [7, 11) is -13.4. The number of para-hydroxylation sites is 2. The van der Waals surface area contributed by atoms with Gasteiger partial charge in [-0.3, -0.25) is 0 Å². The van der Waals surface area contributed by atoms with E-state index in [1.807, 2.05) is 267 Å². The van der Waals surface area contributed by atoms with Gasteiger partial charge in [0.2, 0.25) is 0 Å². The van der Waals surface area contributed by atoms with Crippen molar-refractivity contribution in [3.8, 4) is 11.5 Å². The van der Waals surface area contributed by atoms with E-state index in [0.717, 1.165) is 42.4 Å². The monoisotopic (exact) mass is 1050 g/mol. The van der Waals surface area contributed by atoms with E-state index >= 15 is 18.3 Å². The van der Waals surface area contributed by atoms with Crippen LogP contribution in [0.4, 0.5) is 0 Å². The molecule has 0 aliphatic rings. The van der Waals surface area contributed by atoms with Crippen LogP contribution in [-0.2, 0) is 18.3 Å². The maximum Gasteiger partial charge on any atom is 0.161 e. The van der Waals surface area contributed by atoms with Gasteiger partial charge in [0.15, 0.2) is 11.5 Å². The van der Waals surface area contributed by atoms with E-state index in [-0.39, 0.29) is 12.3 Å². The zero-order valence-electron chi connectivity index (χ0n) is 41.5. The third-order valence-electron chi connectivity index (χ3n) is 13.9. The molecule has 0 aliphatic carbocycles. The van der Waals surface area contributed by atoms with Crippen molar-refractivity contribution in [2.24, 2.45) is 0 Å². The Balaban J connectivity index is 0.965. The highest BCUT2D eigenvalue weighted by atomic mass is 31.2. The molecule has 0 aromatic heterocycles. The molecule has 0 heterocycles. The summed E-state index contributed by atoms with van der Waals surface area (Å²) < 4.78 is 77.1. The molecule has 9 aromatic carbocycles. The summed E-state index contributed by atoms with van der Waals surface area (Å²) in [6, 6.07) is 84.8. The molecule has 6 nitrogen and oxygen atoms in total. The van der Waals surface area contributed by atoms with Crippen molar-refractivity contribution in [1.82, 2.24) is 0 Å². The highest BCUT2D eigenvalue weighted by molar-refractivity contribution is 7.83. The first-order valence-electron chi connectivity index (χ1n) is 25.4. The molecule has 0 fully saturated rings. The minimum absolute atomic E-state index is 0.205. The summed E-state index contributed by atoms with van der Waals surface area (Å²) in [5.74, 6) is 1.15. The van der Waals surface area contributed by atoms with E-state index in [1.54, 1.807) is 0 Å². The fourth-order valence-corrected chi connectivity index (χ4v) is 24.9. The Hall–Kier alpha value is -6.50. The van der Waals surface area contributed by atoms with Gasteiger partial charge in [0.05, 0.1) is 13.2 Å². The number of benzene rings is 9. The fraction of sp³-hybridized carbons (Fsp3) is 0.156. The van der Waals surface area contributed by atoms with Crippen LogP contribution in [0.25, 0.3) is 0 Å². The maximum absolute atomic E-state index is 16.2. The van der Waals surface area contributed by atoms with Gasteiger partial charge >= 0.3 is 0 Å². The average Bonchev–Trinajstić information content (AvgIpc) is 3.48. The van der Waals surface area contributed by atoms with Gasteiger partial charge in [0.1, 0.15) is 28.6 Å². The second-order valence-corrected chi connectivity index (χ2v) is 30.5. The lowest BCUT2D eigenvalue weighted by Crippen LogP contribution is -2.32. The second kappa shape index (κ2) is 24.7. The van der Waals surface area contributed by atoms with Crippen LogP contribution in [-0.4, -0.2) is 36.9 Å². The van der Waals surface area contributed by atoms with Crippen LogP contribution < -0.4 is 51.9 Å². The third-order valence-corrected chi connectivity index (χ3v) is 28.2. The summed E-state index contributed by atoms with van der Waals surface area (Å²) >= 11 is 0. The maximum atomic E-state index is 16.2.